The molecule has 1 aliphatic heterocycles. The van der Waals surface area contributed by atoms with Gasteiger partial charge in [-0.3, -0.25) is 0 Å². The van der Waals surface area contributed by atoms with E-state index in [-0.39, 0.29) is 0 Å². The number of hydrogen-bond donors (Lipinski definition) is 0. The fraction of sp³-hybridized carbons (Fsp3) is 0.647. The van der Waals surface area contributed by atoms with Crippen LogP contribution in [0.25, 0.3) is 0 Å². The Hall–Kier alpha value is -0.740. The van der Waals surface area contributed by atoms with Gasteiger partial charge >= 0.3 is 0 Å². The van der Waals surface area contributed by atoms with Crippen LogP contribution in [0.5, 0.6) is 11.5 Å². The fourth-order valence-electron chi connectivity index (χ4n) is 2.63. The average Bonchev–Trinajstić information content (AvgIpc) is 3.00. The molecule has 0 aliphatic carbocycles. The molecular formula is C17H25BrO3. The minimum atomic E-state index is 0.330. The topological polar surface area (TPSA) is 27.7 Å². The second-order valence-corrected chi connectivity index (χ2v) is 6.36. The van der Waals surface area contributed by atoms with Crippen LogP contribution in [0.15, 0.2) is 18.2 Å². The maximum Gasteiger partial charge on any atom is 0.161 e. The van der Waals surface area contributed by atoms with Crippen LogP contribution in [0.3, 0.4) is 0 Å². The highest BCUT2D eigenvalue weighted by molar-refractivity contribution is 9.09. The van der Waals surface area contributed by atoms with Crippen LogP contribution >= 0.6 is 15.9 Å². The molecule has 118 valence electrons. The molecule has 3 nitrogen and oxygen atoms in total. The van der Waals surface area contributed by atoms with Gasteiger partial charge in [-0.15, -0.1) is 0 Å². The van der Waals surface area contributed by atoms with Crippen molar-refractivity contribution in [1.82, 2.24) is 0 Å². The minimum Gasteiger partial charge on any atom is -0.490 e. The molecule has 4 heteroatoms. The van der Waals surface area contributed by atoms with Gasteiger partial charge in [0.2, 0.25) is 0 Å². The maximum atomic E-state index is 5.69. The van der Waals surface area contributed by atoms with E-state index < -0.39 is 0 Å². The van der Waals surface area contributed by atoms with Gasteiger partial charge in [-0.2, -0.15) is 0 Å². The second kappa shape index (κ2) is 8.64. The predicted octanol–water partition coefficient (Wildman–Crippen LogP) is 4.88. The van der Waals surface area contributed by atoms with Crippen LogP contribution in [0, 0.1) is 0 Å². The van der Waals surface area contributed by atoms with Crippen LogP contribution in [0.1, 0.15) is 49.9 Å². The van der Waals surface area contributed by atoms with Crippen molar-refractivity contribution in [3.8, 4) is 11.5 Å². The Labute approximate surface area is 136 Å². The normalized spacial score (nSPS) is 19.5. The second-order valence-electron chi connectivity index (χ2n) is 5.25. The first-order valence-corrected chi connectivity index (χ1v) is 8.81. The molecule has 1 aromatic carbocycles. The van der Waals surface area contributed by atoms with Crippen molar-refractivity contribution in [1.29, 1.82) is 0 Å². The molecule has 2 rings (SSSR count). The molecule has 0 radical (unpaired) electrons. The van der Waals surface area contributed by atoms with Crippen molar-refractivity contribution in [2.45, 2.75) is 50.5 Å². The Morgan fingerprint density at radius 3 is 2.67 bits per heavy atom. The average molecular weight is 357 g/mol. The molecule has 1 aromatic rings. The zero-order valence-corrected chi connectivity index (χ0v) is 14.5. The van der Waals surface area contributed by atoms with E-state index in [1.165, 1.54) is 18.4 Å². The summed E-state index contributed by atoms with van der Waals surface area (Å²) < 4.78 is 17.0. The summed E-state index contributed by atoms with van der Waals surface area (Å²) in [5, 5.41) is 0. The fourth-order valence-corrected chi connectivity index (χ4v) is 3.18. The number of rotatable bonds is 8. The van der Waals surface area contributed by atoms with Gasteiger partial charge in [0.15, 0.2) is 11.5 Å². The summed E-state index contributed by atoms with van der Waals surface area (Å²) in [7, 11) is 0. The van der Waals surface area contributed by atoms with Gasteiger partial charge in [-0.25, -0.2) is 0 Å². The predicted molar refractivity (Wildman–Crippen MR) is 88.7 cm³/mol. The molecule has 0 saturated carbocycles. The van der Waals surface area contributed by atoms with Crippen LogP contribution in [0.2, 0.25) is 0 Å². The van der Waals surface area contributed by atoms with Crippen molar-refractivity contribution >= 4 is 15.9 Å². The summed E-state index contributed by atoms with van der Waals surface area (Å²) in [6.07, 6.45) is 5.03. The Kier molecular flexibility index (Phi) is 6.84. The molecule has 0 aromatic heterocycles. The first-order valence-electron chi connectivity index (χ1n) is 7.89. The summed E-state index contributed by atoms with van der Waals surface area (Å²) in [5.74, 6) is 1.65. The van der Waals surface area contributed by atoms with Gasteiger partial charge in [0, 0.05) is 11.4 Å². The molecule has 2 atom stereocenters. The zero-order chi connectivity index (χ0) is 15.1. The lowest BCUT2D eigenvalue weighted by Crippen LogP contribution is -2.06. The number of halogens is 1. The molecule has 2 unspecified atom stereocenters. The lowest BCUT2D eigenvalue weighted by molar-refractivity contribution is 0.102. The standard InChI is InChI=1S/C17H25BrO3/c1-3-19-16-10-7-13(12-17(16)20-4-2)15(18)9-8-14-6-5-11-21-14/h7,10,12,14-15H,3-6,8-9,11H2,1-2H3. The molecule has 1 saturated heterocycles. The first-order chi connectivity index (χ1) is 10.2. The summed E-state index contributed by atoms with van der Waals surface area (Å²) in [4.78, 5) is 0.330. The number of ether oxygens (including phenoxy) is 3. The molecule has 0 spiro atoms. The van der Waals surface area contributed by atoms with Crippen LogP contribution in [-0.4, -0.2) is 25.9 Å². The van der Waals surface area contributed by atoms with E-state index in [1.807, 2.05) is 19.9 Å². The van der Waals surface area contributed by atoms with Crippen molar-refractivity contribution < 1.29 is 14.2 Å². The summed E-state index contributed by atoms with van der Waals surface area (Å²) in [6, 6.07) is 6.20. The van der Waals surface area contributed by atoms with Crippen molar-refractivity contribution in [3.63, 3.8) is 0 Å². The third-order valence-corrected chi connectivity index (χ3v) is 4.68. The number of benzene rings is 1. The molecular weight excluding hydrogens is 332 g/mol. The van der Waals surface area contributed by atoms with Gasteiger partial charge in [-0.05, 0) is 57.2 Å². The third-order valence-electron chi connectivity index (χ3n) is 3.70. The highest BCUT2D eigenvalue weighted by Crippen LogP contribution is 2.36. The largest absolute Gasteiger partial charge is 0.490 e. The Morgan fingerprint density at radius 2 is 2.00 bits per heavy atom. The minimum absolute atomic E-state index is 0.330. The van der Waals surface area contributed by atoms with Crippen LogP contribution in [-0.2, 0) is 4.74 Å². The lowest BCUT2D eigenvalue weighted by Gasteiger charge is -2.16. The van der Waals surface area contributed by atoms with Gasteiger partial charge < -0.3 is 14.2 Å². The molecule has 0 amide bonds. The number of hydrogen-bond acceptors (Lipinski definition) is 3. The summed E-state index contributed by atoms with van der Waals surface area (Å²) in [6.45, 7) is 6.20. The Balaban J connectivity index is 1.98. The zero-order valence-electron chi connectivity index (χ0n) is 12.9. The van der Waals surface area contributed by atoms with Crippen LogP contribution < -0.4 is 9.47 Å². The van der Waals surface area contributed by atoms with Gasteiger partial charge in [0.05, 0.1) is 19.3 Å². The van der Waals surface area contributed by atoms with E-state index in [1.54, 1.807) is 0 Å². The SMILES string of the molecule is CCOc1ccc(C(Br)CCC2CCCO2)cc1OCC. The highest BCUT2D eigenvalue weighted by atomic mass is 79.9. The Morgan fingerprint density at radius 1 is 1.24 bits per heavy atom. The summed E-state index contributed by atoms with van der Waals surface area (Å²) in [5.41, 5.74) is 1.24. The van der Waals surface area contributed by atoms with E-state index >= 15 is 0 Å². The van der Waals surface area contributed by atoms with E-state index in [0.717, 1.165) is 30.9 Å². The van der Waals surface area contributed by atoms with Gasteiger partial charge in [0.25, 0.3) is 0 Å². The molecule has 1 aliphatic rings. The van der Waals surface area contributed by atoms with Crippen LogP contribution in [0.4, 0.5) is 0 Å². The molecule has 21 heavy (non-hydrogen) atoms. The van der Waals surface area contributed by atoms with Gasteiger partial charge in [-0.1, -0.05) is 22.0 Å². The maximum absolute atomic E-state index is 5.69. The Bertz CT molecular complexity index is 430. The quantitative estimate of drug-likeness (QED) is 0.621. The van der Waals surface area contributed by atoms with Crippen molar-refractivity contribution in [3.05, 3.63) is 23.8 Å². The smallest absolute Gasteiger partial charge is 0.161 e. The molecule has 1 fully saturated rings. The highest BCUT2D eigenvalue weighted by Gasteiger charge is 2.18. The van der Waals surface area contributed by atoms with E-state index in [0.29, 0.717) is 24.1 Å². The third kappa shape index (κ3) is 4.89. The van der Waals surface area contributed by atoms with Crippen molar-refractivity contribution in [2.24, 2.45) is 0 Å². The van der Waals surface area contributed by atoms with E-state index in [9.17, 15) is 0 Å². The van der Waals surface area contributed by atoms with E-state index in [4.69, 9.17) is 14.2 Å². The molecule has 1 heterocycles. The first kappa shape index (κ1) is 16.6. The number of alkyl halides is 1. The summed E-state index contributed by atoms with van der Waals surface area (Å²) >= 11 is 3.79. The monoisotopic (exact) mass is 356 g/mol. The van der Waals surface area contributed by atoms with Gasteiger partial charge in [0.1, 0.15) is 0 Å². The lowest BCUT2D eigenvalue weighted by atomic mass is 10.0. The molecule has 0 bridgehead atoms. The molecule has 0 N–H and O–H groups in total. The van der Waals surface area contributed by atoms with Crippen molar-refractivity contribution in [2.75, 3.05) is 19.8 Å². The van der Waals surface area contributed by atoms with E-state index in [2.05, 4.69) is 28.1 Å².